The summed E-state index contributed by atoms with van der Waals surface area (Å²) in [6.45, 7) is 2.13. The van der Waals surface area contributed by atoms with Gasteiger partial charge in [0, 0.05) is 24.8 Å². The quantitative estimate of drug-likeness (QED) is 0.831. The summed E-state index contributed by atoms with van der Waals surface area (Å²) in [4.78, 5) is 2.29. The summed E-state index contributed by atoms with van der Waals surface area (Å²) in [6.07, 6.45) is 4.55. The molecule has 0 bridgehead atoms. The summed E-state index contributed by atoms with van der Waals surface area (Å²) < 4.78 is 5.32. The zero-order chi connectivity index (χ0) is 12.2. The van der Waals surface area contributed by atoms with Crippen molar-refractivity contribution in [1.29, 1.82) is 0 Å². The Balaban J connectivity index is 1.78. The minimum Gasteiger partial charge on any atom is -0.352 e. The van der Waals surface area contributed by atoms with Crippen molar-refractivity contribution >= 4 is 5.82 Å². The van der Waals surface area contributed by atoms with Crippen LogP contribution in [0, 0.1) is 0 Å². The maximum Gasteiger partial charge on any atom is 0.196 e. The topological polar surface area (TPSA) is 42.2 Å². The predicted molar refractivity (Wildman–Crippen MR) is 69.6 cm³/mol. The lowest BCUT2D eigenvalue weighted by atomic mass is 10.1. The van der Waals surface area contributed by atoms with E-state index in [9.17, 15) is 0 Å². The number of aromatic nitrogens is 2. The highest BCUT2D eigenvalue weighted by atomic mass is 16.5. The molecule has 4 nitrogen and oxygen atoms in total. The molecule has 2 aromatic rings. The van der Waals surface area contributed by atoms with E-state index in [2.05, 4.69) is 27.4 Å². The normalized spacial score (nSPS) is 15.9. The number of benzene rings is 1. The van der Waals surface area contributed by atoms with Gasteiger partial charge in [0.1, 0.15) is 0 Å². The number of rotatable bonds is 3. The second kappa shape index (κ2) is 5.21. The van der Waals surface area contributed by atoms with Gasteiger partial charge in [-0.15, -0.1) is 0 Å². The molecule has 3 rings (SSSR count). The van der Waals surface area contributed by atoms with Gasteiger partial charge < -0.3 is 9.42 Å². The highest BCUT2D eigenvalue weighted by Gasteiger charge is 2.19. The van der Waals surface area contributed by atoms with Crippen LogP contribution < -0.4 is 4.90 Å². The molecule has 1 aliphatic heterocycles. The summed E-state index contributed by atoms with van der Waals surface area (Å²) in [5.41, 5.74) is 1.23. The molecular weight excluding hydrogens is 226 g/mol. The lowest BCUT2D eigenvalue weighted by Crippen LogP contribution is -2.30. The van der Waals surface area contributed by atoms with Crippen LogP contribution >= 0.6 is 0 Å². The molecule has 0 radical (unpaired) electrons. The summed E-state index contributed by atoms with van der Waals surface area (Å²) in [5, 5.41) is 7.87. The molecule has 2 heterocycles. The van der Waals surface area contributed by atoms with E-state index in [4.69, 9.17) is 4.52 Å². The fourth-order valence-corrected chi connectivity index (χ4v) is 2.44. The van der Waals surface area contributed by atoms with Gasteiger partial charge in [0.15, 0.2) is 11.6 Å². The summed E-state index contributed by atoms with van der Waals surface area (Å²) in [6, 6.07) is 10.3. The molecule has 0 unspecified atom stereocenters. The molecule has 0 atom stereocenters. The van der Waals surface area contributed by atoms with E-state index in [1.54, 1.807) is 0 Å². The van der Waals surface area contributed by atoms with Crippen LogP contribution in [0.4, 0.5) is 5.82 Å². The Hall–Kier alpha value is -1.84. The van der Waals surface area contributed by atoms with Crippen molar-refractivity contribution in [3.63, 3.8) is 0 Å². The molecule has 94 valence electrons. The molecule has 4 heteroatoms. The second-order valence-electron chi connectivity index (χ2n) is 4.73. The number of anilines is 1. The SMILES string of the molecule is c1ccc(Cc2onnc2N2CCCCC2)cc1. The molecule has 0 saturated carbocycles. The van der Waals surface area contributed by atoms with E-state index in [-0.39, 0.29) is 0 Å². The van der Waals surface area contributed by atoms with Crippen molar-refractivity contribution in [1.82, 2.24) is 10.4 Å². The van der Waals surface area contributed by atoms with Crippen molar-refractivity contribution in [3.8, 4) is 0 Å². The first-order valence-electron chi connectivity index (χ1n) is 6.53. The third kappa shape index (κ3) is 2.37. The van der Waals surface area contributed by atoms with Crippen molar-refractivity contribution in [2.24, 2.45) is 0 Å². The van der Waals surface area contributed by atoms with Crippen LogP contribution in [0.3, 0.4) is 0 Å². The fourth-order valence-electron chi connectivity index (χ4n) is 2.44. The van der Waals surface area contributed by atoms with E-state index in [0.717, 1.165) is 31.1 Å². The first-order chi connectivity index (χ1) is 8.93. The van der Waals surface area contributed by atoms with Gasteiger partial charge in [-0.2, -0.15) is 0 Å². The Labute approximate surface area is 107 Å². The molecule has 18 heavy (non-hydrogen) atoms. The molecule has 0 amide bonds. The Morgan fingerprint density at radius 1 is 1.06 bits per heavy atom. The second-order valence-corrected chi connectivity index (χ2v) is 4.73. The minimum absolute atomic E-state index is 0.764. The average molecular weight is 243 g/mol. The van der Waals surface area contributed by atoms with Gasteiger partial charge in [0.05, 0.1) is 0 Å². The molecule has 0 spiro atoms. The van der Waals surface area contributed by atoms with Crippen LogP contribution in [0.1, 0.15) is 30.6 Å². The maximum absolute atomic E-state index is 5.32. The van der Waals surface area contributed by atoms with E-state index < -0.39 is 0 Å². The van der Waals surface area contributed by atoms with E-state index in [1.807, 2.05) is 18.2 Å². The van der Waals surface area contributed by atoms with E-state index in [0.29, 0.717) is 0 Å². The van der Waals surface area contributed by atoms with Gasteiger partial charge >= 0.3 is 0 Å². The standard InChI is InChI=1S/C14H17N3O/c1-3-7-12(8-4-1)11-13-14(15-16-18-13)17-9-5-2-6-10-17/h1,3-4,7-8H,2,5-6,9-11H2. The first-order valence-corrected chi connectivity index (χ1v) is 6.53. The summed E-state index contributed by atoms with van der Waals surface area (Å²) in [5.74, 6) is 1.81. The van der Waals surface area contributed by atoms with Gasteiger partial charge in [-0.3, -0.25) is 0 Å². The third-order valence-corrected chi connectivity index (χ3v) is 3.40. The average Bonchev–Trinajstić information content (AvgIpc) is 2.89. The molecular formula is C14H17N3O. The molecule has 1 aliphatic rings. The third-order valence-electron chi connectivity index (χ3n) is 3.40. The Morgan fingerprint density at radius 2 is 1.83 bits per heavy atom. The van der Waals surface area contributed by atoms with Crippen LogP contribution in [0.2, 0.25) is 0 Å². The molecule has 1 fully saturated rings. The lowest BCUT2D eigenvalue weighted by Gasteiger charge is -2.26. The van der Waals surface area contributed by atoms with E-state index in [1.165, 1.54) is 24.8 Å². The van der Waals surface area contributed by atoms with Crippen molar-refractivity contribution < 1.29 is 4.52 Å². The monoisotopic (exact) mass is 243 g/mol. The van der Waals surface area contributed by atoms with Crippen LogP contribution in [0.25, 0.3) is 0 Å². The van der Waals surface area contributed by atoms with Gasteiger partial charge in [-0.25, -0.2) is 0 Å². The number of nitrogens with zero attached hydrogens (tertiary/aromatic N) is 3. The van der Waals surface area contributed by atoms with Crippen LogP contribution in [-0.4, -0.2) is 23.5 Å². The Kier molecular flexibility index (Phi) is 3.26. The van der Waals surface area contributed by atoms with Gasteiger partial charge in [-0.1, -0.05) is 35.4 Å². The minimum atomic E-state index is 0.764. The Bertz CT molecular complexity index is 489. The zero-order valence-corrected chi connectivity index (χ0v) is 10.4. The maximum atomic E-state index is 5.32. The van der Waals surface area contributed by atoms with Crippen molar-refractivity contribution in [2.45, 2.75) is 25.7 Å². The largest absolute Gasteiger partial charge is 0.352 e. The highest BCUT2D eigenvalue weighted by molar-refractivity contribution is 5.43. The number of hydrogen-bond acceptors (Lipinski definition) is 4. The first kappa shape index (κ1) is 11.3. The van der Waals surface area contributed by atoms with Gasteiger partial charge in [0.2, 0.25) is 0 Å². The summed E-state index contributed by atoms with van der Waals surface area (Å²) >= 11 is 0. The smallest absolute Gasteiger partial charge is 0.196 e. The zero-order valence-electron chi connectivity index (χ0n) is 10.4. The number of hydrogen-bond donors (Lipinski definition) is 0. The Morgan fingerprint density at radius 3 is 2.61 bits per heavy atom. The molecule has 0 aliphatic carbocycles. The predicted octanol–water partition coefficient (Wildman–Crippen LogP) is 2.65. The van der Waals surface area contributed by atoms with Crippen molar-refractivity contribution in [2.75, 3.05) is 18.0 Å². The highest BCUT2D eigenvalue weighted by Crippen LogP contribution is 2.23. The molecule has 1 saturated heterocycles. The van der Waals surface area contributed by atoms with Gasteiger partial charge in [-0.05, 0) is 24.8 Å². The van der Waals surface area contributed by atoms with Crippen molar-refractivity contribution in [3.05, 3.63) is 41.7 Å². The summed E-state index contributed by atoms with van der Waals surface area (Å²) in [7, 11) is 0. The van der Waals surface area contributed by atoms with Gasteiger partial charge in [0.25, 0.3) is 0 Å². The lowest BCUT2D eigenvalue weighted by molar-refractivity contribution is 0.367. The fraction of sp³-hybridized carbons (Fsp3) is 0.429. The van der Waals surface area contributed by atoms with Crippen LogP contribution in [0.15, 0.2) is 34.9 Å². The van der Waals surface area contributed by atoms with Crippen LogP contribution in [-0.2, 0) is 6.42 Å². The number of piperidine rings is 1. The molecule has 0 N–H and O–H groups in total. The van der Waals surface area contributed by atoms with Crippen LogP contribution in [0.5, 0.6) is 0 Å². The molecule has 1 aromatic carbocycles. The van der Waals surface area contributed by atoms with E-state index >= 15 is 0 Å². The molecule has 1 aromatic heterocycles.